The van der Waals surface area contributed by atoms with Crippen LogP contribution in [0.1, 0.15) is 0 Å². The van der Waals surface area contributed by atoms with Gasteiger partial charge in [-0.25, -0.2) is 4.79 Å². The maximum Gasteiger partial charge on any atom is 0.348 e. The van der Waals surface area contributed by atoms with E-state index in [2.05, 4.69) is 26.0 Å². The van der Waals surface area contributed by atoms with E-state index in [4.69, 9.17) is 5.73 Å². The summed E-state index contributed by atoms with van der Waals surface area (Å²) in [6.07, 6.45) is 0. The summed E-state index contributed by atoms with van der Waals surface area (Å²) >= 11 is 0. The number of nitrogens with two attached hydrogens (primary N) is 1. The average Bonchev–Trinajstić information content (AvgIpc) is 2.34. The predicted octanol–water partition coefficient (Wildman–Crippen LogP) is -2.76. The van der Waals surface area contributed by atoms with Gasteiger partial charge in [0.1, 0.15) is 11.0 Å². The molecule has 0 aromatic carbocycles. The van der Waals surface area contributed by atoms with Crippen LogP contribution in [0, 0.1) is 0 Å². The highest BCUT2D eigenvalue weighted by molar-refractivity contribution is 5.58. The van der Waals surface area contributed by atoms with Crippen molar-refractivity contribution in [3.05, 3.63) is 21.2 Å². The zero-order valence-electron chi connectivity index (χ0n) is 5.33. The van der Waals surface area contributed by atoms with Gasteiger partial charge in [-0.1, -0.05) is 0 Å². The van der Waals surface area contributed by atoms with Crippen LogP contribution in [-0.4, -0.2) is 15.8 Å². The number of hydrogen-bond donors (Lipinski definition) is 2. The maximum atomic E-state index is 10.7. The fourth-order valence-electron chi connectivity index (χ4n) is 0.789. The monoisotopic (exact) mass is 149 g/mol. The van der Waals surface area contributed by atoms with E-state index < -0.39 is 5.69 Å². The lowest BCUT2D eigenvalue weighted by atomic mass is 10.5. The lowest BCUT2D eigenvalue weighted by Crippen LogP contribution is -2.37. The van der Waals surface area contributed by atoms with Crippen LogP contribution in [0.5, 0.6) is 0 Å². The van der Waals surface area contributed by atoms with Gasteiger partial charge < -0.3 is 5.73 Å². The van der Waals surface area contributed by atoms with Crippen LogP contribution in [0.3, 0.4) is 0 Å². The van der Waals surface area contributed by atoms with Crippen LogP contribution < -0.4 is 22.1 Å². The Bertz CT molecular complexity index is 507. The highest BCUT2D eigenvalue weighted by Gasteiger charge is 1.99. The van der Waals surface area contributed by atoms with Gasteiger partial charge in [-0.05, 0) is 0 Å². The Hall–Kier alpha value is -1.94. The van der Waals surface area contributed by atoms with Crippen molar-refractivity contribution >= 4 is 11.7 Å². The SMILES string of the molecule is Nc1nc(=O)[nH]c2c1=C=NN=2. The first kappa shape index (κ1) is 5.82. The molecule has 54 valence electrons. The molecule has 0 bridgehead atoms. The quantitative estimate of drug-likeness (QED) is 0.418. The number of nitrogens with zero attached hydrogens (tertiary/aromatic N) is 3. The third kappa shape index (κ3) is 0.736. The van der Waals surface area contributed by atoms with Crippen molar-refractivity contribution in [2.24, 2.45) is 10.2 Å². The molecule has 6 heteroatoms. The number of aromatic nitrogens is 2. The molecule has 6 nitrogen and oxygen atoms in total. The average molecular weight is 149 g/mol. The second kappa shape index (κ2) is 1.77. The molecule has 2 heterocycles. The van der Waals surface area contributed by atoms with Crippen molar-refractivity contribution in [1.82, 2.24) is 9.97 Å². The van der Waals surface area contributed by atoms with Crippen LogP contribution in [0.2, 0.25) is 0 Å². The number of hydrogen-bond acceptors (Lipinski definition) is 5. The van der Waals surface area contributed by atoms with E-state index in [1.54, 1.807) is 0 Å². The van der Waals surface area contributed by atoms with Gasteiger partial charge in [0.2, 0.25) is 0 Å². The molecular formula is C5H3N5O. The van der Waals surface area contributed by atoms with Gasteiger partial charge >= 0.3 is 5.69 Å². The molecule has 0 spiro atoms. The summed E-state index contributed by atoms with van der Waals surface area (Å²) in [5.41, 5.74) is 5.16. The van der Waals surface area contributed by atoms with Crippen molar-refractivity contribution in [1.29, 1.82) is 0 Å². The van der Waals surface area contributed by atoms with Gasteiger partial charge in [0, 0.05) is 5.87 Å². The van der Waals surface area contributed by atoms with Crippen LogP contribution in [0.25, 0.3) is 0 Å². The largest absolute Gasteiger partial charge is 0.382 e. The van der Waals surface area contributed by atoms with Crippen LogP contribution in [-0.2, 0) is 0 Å². The lowest BCUT2D eigenvalue weighted by molar-refractivity contribution is 0.973. The van der Waals surface area contributed by atoms with E-state index in [0.29, 0.717) is 10.7 Å². The first-order valence-corrected chi connectivity index (χ1v) is 2.84. The molecule has 0 saturated carbocycles. The molecule has 1 aromatic heterocycles. The fourth-order valence-corrected chi connectivity index (χ4v) is 0.789. The predicted molar refractivity (Wildman–Crippen MR) is 36.6 cm³/mol. The summed E-state index contributed by atoms with van der Waals surface area (Å²) in [4.78, 5) is 16.5. The molecule has 11 heavy (non-hydrogen) atoms. The molecule has 0 unspecified atom stereocenters. The number of anilines is 1. The Kier molecular flexibility index (Phi) is 0.936. The number of fused-ring (bicyclic) bond motifs is 1. The minimum Gasteiger partial charge on any atom is -0.382 e. The van der Waals surface area contributed by atoms with Crippen molar-refractivity contribution < 1.29 is 0 Å². The molecule has 0 saturated heterocycles. The minimum atomic E-state index is -0.524. The molecule has 1 aromatic rings. The normalized spacial score (nSPS) is 12.0. The first-order chi connectivity index (χ1) is 5.27. The van der Waals surface area contributed by atoms with E-state index in [1.165, 1.54) is 0 Å². The molecule has 0 atom stereocenters. The highest BCUT2D eigenvalue weighted by atomic mass is 16.1. The van der Waals surface area contributed by atoms with Crippen LogP contribution in [0.4, 0.5) is 5.82 Å². The van der Waals surface area contributed by atoms with E-state index in [1.807, 2.05) is 0 Å². The smallest absolute Gasteiger partial charge is 0.348 e. The zero-order valence-corrected chi connectivity index (χ0v) is 5.33. The molecule has 0 radical (unpaired) electrons. The summed E-state index contributed by atoms with van der Waals surface area (Å²) in [6, 6.07) is 0. The summed E-state index contributed by atoms with van der Waals surface area (Å²) in [7, 11) is 0. The Morgan fingerprint density at radius 1 is 1.55 bits per heavy atom. The molecule has 3 N–H and O–H groups in total. The van der Waals surface area contributed by atoms with E-state index in [-0.39, 0.29) is 5.82 Å². The first-order valence-electron chi connectivity index (χ1n) is 2.84. The molecule has 0 fully saturated rings. The standard InChI is InChI=1S/C5H3N5O/c6-3-2-1-7-10-4(2)9-5(11)8-3/h(H3,6,8,9,10,11). The van der Waals surface area contributed by atoms with Gasteiger partial charge in [-0.15, -0.1) is 10.2 Å². The summed E-state index contributed by atoms with van der Waals surface area (Å²) in [5.74, 6) is 2.60. The van der Waals surface area contributed by atoms with Crippen molar-refractivity contribution in [3.63, 3.8) is 0 Å². The van der Waals surface area contributed by atoms with Gasteiger partial charge in [0.15, 0.2) is 5.49 Å². The third-order valence-corrected chi connectivity index (χ3v) is 1.25. The number of aromatic amines is 1. The molecule has 0 aliphatic carbocycles. The van der Waals surface area contributed by atoms with E-state index in [0.717, 1.165) is 0 Å². The second-order valence-corrected chi connectivity index (χ2v) is 1.96. The minimum absolute atomic E-state index is 0.105. The van der Waals surface area contributed by atoms with Gasteiger partial charge in [0.25, 0.3) is 0 Å². The van der Waals surface area contributed by atoms with Gasteiger partial charge in [-0.2, -0.15) is 4.98 Å². The number of rotatable bonds is 0. The van der Waals surface area contributed by atoms with Crippen LogP contribution in [0.15, 0.2) is 15.0 Å². The summed E-state index contributed by atoms with van der Waals surface area (Å²) in [5, 5.41) is 7.45. The molecule has 1 aliphatic rings. The van der Waals surface area contributed by atoms with Crippen molar-refractivity contribution in [2.45, 2.75) is 0 Å². The van der Waals surface area contributed by atoms with Gasteiger partial charge in [-0.3, -0.25) is 4.98 Å². The zero-order chi connectivity index (χ0) is 7.84. The van der Waals surface area contributed by atoms with E-state index >= 15 is 0 Å². The lowest BCUT2D eigenvalue weighted by Gasteiger charge is -1.86. The molecule has 0 amide bonds. The third-order valence-electron chi connectivity index (χ3n) is 1.25. The fraction of sp³-hybridized carbons (Fsp3) is 0. The Morgan fingerprint density at radius 3 is 3.18 bits per heavy atom. The Labute approximate surface area is 59.8 Å². The van der Waals surface area contributed by atoms with Crippen molar-refractivity contribution in [2.75, 3.05) is 5.73 Å². The molecule has 1 aliphatic heterocycles. The second-order valence-electron chi connectivity index (χ2n) is 1.96. The van der Waals surface area contributed by atoms with E-state index in [9.17, 15) is 4.79 Å². The van der Waals surface area contributed by atoms with Gasteiger partial charge in [0.05, 0.1) is 0 Å². The maximum absolute atomic E-state index is 10.7. The molecular weight excluding hydrogens is 146 g/mol. The summed E-state index contributed by atoms with van der Waals surface area (Å²) in [6.45, 7) is 0. The number of H-pyrrole nitrogens is 1. The highest BCUT2D eigenvalue weighted by Crippen LogP contribution is 1.72. The number of nitrogens with one attached hydrogen (secondary N) is 1. The topological polar surface area (TPSA) is 96.5 Å². The number of nitrogen functional groups attached to an aromatic ring is 1. The Morgan fingerprint density at radius 2 is 2.36 bits per heavy atom. The Balaban J connectivity index is 3.12. The summed E-state index contributed by atoms with van der Waals surface area (Å²) < 4.78 is 0. The van der Waals surface area contributed by atoms with Crippen molar-refractivity contribution in [3.8, 4) is 0 Å². The van der Waals surface area contributed by atoms with Crippen LogP contribution >= 0.6 is 0 Å². The molecule has 2 rings (SSSR count).